The number of fused-ring (bicyclic) bond motifs is 1. The summed E-state index contributed by atoms with van der Waals surface area (Å²) < 4.78 is 10.5. The molecule has 0 spiro atoms. The molecule has 3 aromatic rings. The number of nitrogen functional groups attached to an aromatic ring is 1. The average molecular weight is 243 g/mol. The second-order valence-corrected chi connectivity index (χ2v) is 4.13. The highest BCUT2D eigenvalue weighted by Gasteiger charge is 2.16. The lowest BCUT2D eigenvalue weighted by atomic mass is 10.0. The zero-order valence-electron chi connectivity index (χ0n) is 10.2. The van der Waals surface area contributed by atoms with Crippen molar-refractivity contribution in [3.05, 3.63) is 30.1 Å². The lowest BCUT2D eigenvalue weighted by molar-refractivity contribution is 0.412. The van der Waals surface area contributed by atoms with Crippen LogP contribution in [0.25, 0.3) is 22.2 Å². The second kappa shape index (κ2) is 3.80. The molecule has 2 heterocycles. The third kappa shape index (κ3) is 1.37. The number of ether oxygens (including phenoxy) is 1. The number of hydrogen-bond donors (Lipinski definition) is 2. The molecular formula is C13H13N3O2. The van der Waals surface area contributed by atoms with Gasteiger partial charge in [-0.05, 0) is 19.1 Å². The Bertz CT molecular complexity index is 712. The summed E-state index contributed by atoms with van der Waals surface area (Å²) in [5.41, 5.74) is 9.32. The van der Waals surface area contributed by atoms with Gasteiger partial charge in [0.1, 0.15) is 11.4 Å². The van der Waals surface area contributed by atoms with Gasteiger partial charge in [0, 0.05) is 28.2 Å². The zero-order valence-corrected chi connectivity index (χ0v) is 10.2. The SMILES string of the molecule is COc1ccc2[nH]cc(-c3oncc3N)c2c1C. The molecule has 0 unspecified atom stereocenters. The van der Waals surface area contributed by atoms with E-state index in [1.807, 2.05) is 25.3 Å². The molecule has 3 N–H and O–H groups in total. The molecule has 0 saturated heterocycles. The molecule has 2 aromatic heterocycles. The van der Waals surface area contributed by atoms with Gasteiger partial charge in [0.25, 0.3) is 0 Å². The van der Waals surface area contributed by atoms with Gasteiger partial charge in [-0.2, -0.15) is 0 Å². The number of nitrogens with one attached hydrogen (secondary N) is 1. The number of nitrogens with two attached hydrogens (primary N) is 1. The minimum Gasteiger partial charge on any atom is -0.496 e. The molecule has 0 atom stereocenters. The van der Waals surface area contributed by atoms with E-state index in [1.165, 1.54) is 6.20 Å². The second-order valence-electron chi connectivity index (χ2n) is 4.13. The van der Waals surface area contributed by atoms with Crippen LogP contribution < -0.4 is 10.5 Å². The Hall–Kier alpha value is -2.43. The van der Waals surface area contributed by atoms with Crippen molar-refractivity contribution < 1.29 is 9.26 Å². The minimum atomic E-state index is 0.526. The lowest BCUT2D eigenvalue weighted by Gasteiger charge is -2.06. The number of aryl methyl sites for hydroxylation is 1. The largest absolute Gasteiger partial charge is 0.496 e. The predicted octanol–water partition coefficient (Wildman–Crippen LogP) is 2.72. The fourth-order valence-electron chi connectivity index (χ4n) is 2.23. The number of methoxy groups -OCH3 is 1. The number of anilines is 1. The first-order valence-corrected chi connectivity index (χ1v) is 5.57. The first-order valence-electron chi connectivity index (χ1n) is 5.57. The van der Waals surface area contributed by atoms with Crippen LogP contribution in [0.2, 0.25) is 0 Å². The quantitative estimate of drug-likeness (QED) is 0.725. The Labute approximate surface area is 104 Å². The van der Waals surface area contributed by atoms with Crippen molar-refractivity contribution >= 4 is 16.6 Å². The summed E-state index contributed by atoms with van der Waals surface area (Å²) in [5.74, 6) is 1.42. The fourth-order valence-corrected chi connectivity index (χ4v) is 2.23. The van der Waals surface area contributed by atoms with Gasteiger partial charge >= 0.3 is 0 Å². The molecule has 5 nitrogen and oxygen atoms in total. The van der Waals surface area contributed by atoms with Crippen molar-refractivity contribution in [1.29, 1.82) is 0 Å². The molecule has 92 valence electrons. The molecule has 0 bridgehead atoms. The molecule has 0 aliphatic carbocycles. The Kier molecular flexibility index (Phi) is 2.26. The number of benzene rings is 1. The van der Waals surface area contributed by atoms with Crippen molar-refractivity contribution in [2.75, 3.05) is 12.8 Å². The first-order chi connectivity index (χ1) is 8.72. The maximum absolute atomic E-state index is 5.84. The molecule has 0 radical (unpaired) electrons. The van der Waals surface area contributed by atoms with Crippen molar-refractivity contribution in [3.8, 4) is 17.1 Å². The van der Waals surface area contributed by atoms with Crippen LogP contribution in [-0.2, 0) is 0 Å². The maximum Gasteiger partial charge on any atom is 0.191 e. The first kappa shape index (κ1) is 10.7. The number of hydrogen-bond acceptors (Lipinski definition) is 4. The van der Waals surface area contributed by atoms with Crippen LogP contribution in [0.5, 0.6) is 5.75 Å². The molecule has 3 rings (SSSR count). The standard InChI is InChI=1S/C13H13N3O2/c1-7-11(17-2)4-3-10-12(7)8(5-15-10)13-9(14)6-16-18-13/h3-6,15H,14H2,1-2H3. The van der Waals surface area contributed by atoms with Gasteiger partial charge in [-0.1, -0.05) is 5.16 Å². The smallest absolute Gasteiger partial charge is 0.191 e. The van der Waals surface area contributed by atoms with Gasteiger partial charge in [0.15, 0.2) is 5.76 Å². The summed E-state index contributed by atoms with van der Waals surface area (Å²) in [6.07, 6.45) is 3.37. The third-order valence-corrected chi connectivity index (χ3v) is 3.12. The molecule has 5 heteroatoms. The van der Waals surface area contributed by atoms with E-state index < -0.39 is 0 Å². The highest BCUT2D eigenvalue weighted by molar-refractivity contribution is 5.99. The van der Waals surface area contributed by atoms with Gasteiger partial charge in [0.05, 0.1) is 13.3 Å². The van der Waals surface area contributed by atoms with Crippen molar-refractivity contribution in [1.82, 2.24) is 10.1 Å². The fraction of sp³-hybridized carbons (Fsp3) is 0.154. The van der Waals surface area contributed by atoms with Crippen LogP contribution in [0.4, 0.5) is 5.69 Å². The Morgan fingerprint density at radius 3 is 2.89 bits per heavy atom. The number of rotatable bonds is 2. The van der Waals surface area contributed by atoms with E-state index in [-0.39, 0.29) is 0 Å². The van der Waals surface area contributed by atoms with Crippen molar-refractivity contribution in [3.63, 3.8) is 0 Å². The molecule has 1 aromatic carbocycles. The van der Waals surface area contributed by atoms with E-state index in [0.717, 1.165) is 27.8 Å². The predicted molar refractivity (Wildman–Crippen MR) is 69.5 cm³/mol. The highest BCUT2D eigenvalue weighted by atomic mass is 16.5. The molecular weight excluding hydrogens is 230 g/mol. The summed E-state index contributed by atoms with van der Waals surface area (Å²) in [5, 5.41) is 4.75. The van der Waals surface area contributed by atoms with Crippen LogP contribution in [0.1, 0.15) is 5.56 Å². The maximum atomic E-state index is 5.84. The Balaban J connectivity index is 2.34. The Morgan fingerprint density at radius 2 is 2.22 bits per heavy atom. The number of aromatic amines is 1. The summed E-state index contributed by atoms with van der Waals surface area (Å²) in [6, 6.07) is 3.90. The van der Waals surface area contributed by atoms with Crippen LogP contribution in [0.15, 0.2) is 29.0 Å². The number of aromatic nitrogens is 2. The normalized spacial score (nSPS) is 11.0. The minimum absolute atomic E-state index is 0.526. The third-order valence-electron chi connectivity index (χ3n) is 3.12. The monoisotopic (exact) mass is 243 g/mol. The van der Waals surface area contributed by atoms with Crippen LogP contribution in [-0.4, -0.2) is 17.3 Å². The van der Waals surface area contributed by atoms with E-state index >= 15 is 0 Å². The summed E-state index contributed by atoms with van der Waals surface area (Å²) in [4.78, 5) is 3.20. The van der Waals surface area contributed by atoms with Gasteiger partial charge in [0.2, 0.25) is 0 Å². The molecule has 0 fully saturated rings. The summed E-state index contributed by atoms with van der Waals surface area (Å²) >= 11 is 0. The summed E-state index contributed by atoms with van der Waals surface area (Å²) in [6.45, 7) is 2.01. The topological polar surface area (TPSA) is 77.1 Å². The van der Waals surface area contributed by atoms with Gasteiger partial charge in [-0.15, -0.1) is 0 Å². The van der Waals surface area contributed by atoms with E-state index in [4.69, 9.17) is 15.0 Å². The number of nitrogens with zero attached hydrogens (tertiary/aromatic N) is 1. The van der Waals surface area contributed by atoms with E-state index in [9.17, 15) is 0 Å². The number of H-pyrrole nitrogens is 1. The van der Waals surface area contributed by atoms with Crippen molar-refractivity contribution in [2.24, 2.45) is 0 Å². The highest BCUT2D eigenvalue weighted by Crippen LogP contribution is 2.37. The summed E-state index contributed by atoms with van der Waals surface area (Å²) in [7, 11) is 1.66. The lowest BCUT2D eigenvalue weighted by Crippen LogP contribution is -1.89. The molecule has 18 heavy (non-hydrogen) atoms. The van der Waals surface area contributed by atoms with Crippen molar-refractivity contribution in [2.45, 2.75) is 6.92 Å². The van der Waals surface area contributed by atoms with E-state index in [1.54, 1.807) is 7.11 Å². The zero-order chi connectivity index (χ0) is 12.7. The van der Waals surface area contributed by atoms with Crippen LogP contribution in [0.3, 0.4) is 0 Å². The molecule has 0 amide bonds. The molecule has 0 aliphatic heterocycles. The average Bonchev–Trinajstić information content (AvgIpc) is 2.95. The van der Waals surface area contributed by atoms with Gasteiger partial charge in [-0.25, -0.2) is 0 Å². The van der Waals surface area contributed by atoms with Crippen LogP contribution >= 0.6 is 0 Å². The van der Waals surface area contributed by atoms with Gasteiger partial charge in [-0.3, -0.25) is 0 Å². The van der Waals surface area contributed by atoms with E-state index in [0.29, 0.717) is 11.4 Å². The van der Waals surface area contributed by atoms with Gasteiger partial charge < -0.3 is 20.0 Å². The molecule has 0 aliphatic rings. The van der Waals surface area contributed by atoms with Crippen LogP contribution in [0, 0.1) is 6.92 Å². The Morgan fingerprint density at radius 1 is 1.39 bits per heavy atom. The van der Waals surface area contributed by atoms with E-state index in [2.05, 4.69) is 10.1 Å². The molecule has 0 saturated carbocycles.